The maximum absolute atomic E-state index is 11.8. The molecule has 7 heteroatoms. The molecule has 19 heavy (non-hydrogen) atoms. The number of aryl methyl sites for hydroxylation is 1. The molecule has 0 aliphatic heterocycles. The molecular formula is C12H13N3O3S. The Bertz CT molecular complexity index is 603. The Hall–Kier alpha value is -2.15. The SMILES string of the molecule is Cc1cc(C(=O)NCc2nc(CC(=O)O)cs2)c[nH]1. The van der Waals surface area contributed by atoms with E-state index in [0.717, 1.165) is 5.69 Å². The Balaban J connectivity index is 1.90. The number of hydrogen-bond donors (Lipinski definition) is 3. The predicted octanol–water partition coefficient (Wildman–Crippen LogP) is 1.34. The summed E-state index contributed by atoms with van der Waals surface area (Å²) >= 11 is 1.34. The van der Waals surface area contributed by atoms with Crippen LogP contribution in [0.25, 0.3) is 0 Å². The van der Waals surface area contributed by atoms with E-state index >= 15 is 0 Å². The Morgan fingerprint density at radius 2 is 2.32 bits per heavy atom. The zero-order valence-corrected chi connectivity index (χ0v) is 11.1. The molecule has 1 amide bonds. The van der Waals surface area contributed by atoms with Crippen LogP contribution in [0.2, 0.25) is 0 Å². The maximum atomic E-state index is 11.8. The minimum atomic E-state index is -0.913. The number of amides is 1. The molecule has 0 aliphatic carbocycles. The van der Waals surface area contributed by atoms with Crippen molar-refractivity contribution in [3.05, 3.63) is 39.6 Å². The van der Waals surface area contributed by atoms with Gasteiger partial charge in [0.1, 0.15) is 5.01 Å². The van der Waals surface area contributed by atoms with Gasteiger partial charge in [-0.2, -0.15) is 0 Å². The molecular weight excluding hydrogens is 266 g/mol. The molecule has 0 radical (unpaired) electrons. The highest BCUT2D eigenvalue weighted by Crippen LogP contribution is 2.10. The van der Waals surface area contributed by atoms with Crippen LogP contribution in [0.4, 0.5) is 0 Å². The van der Waals surface area contributed by atoms with Gasteiger partial charge in [0, 0.05) is 17.3 Å². The molecule has 2 aromatic rings. The van der Waals surface area contributed by atoms with Crippen molar-refractivity contribution in [2.75, 3.05) is 0 Å². The summed E-state index contributed by atoms with van der Waals surface area (Å²) in [5.74, 6) is -1.09. The first-order valence-corrected chi connectivity index (χ1v) is 6.51. The quantitative estimate of drug-likeness (QED) is 0.769. The van der Waals surface area contributed by atoms with Gasteiger partial charge in [0.25, 0.3) is 5.91 Å². The molecule has 0 bridgehead atoms. The highest BCUT2D eigenvalue weighted by molar-refractivity contribution is 7.09. The fraction of sp³-hybridized carbons (Fsp3) is 0.250. The van der Waals surface area contributed by atoms with E-state index in [0.29, 0.717) is 22.8 Å². The molecule has 2 aromatic heterocycles. The third-order valence-electron chi connectivity index (χ3n) is 2.42. The van der Waals surface area contributed by atoms with Gasteiger partial charge in [-0.05, 0) is 13.0 Å². The van der Waals surface area contributed by atoms with Crippen molar-refractivity contribution in [1.82, 2.24) is 15.3 Å². The normalized spacial score (nSPS) is 10.4. The number of hydrogen-bond acceptors (Lipinski definition) is 4. The zero-order valence-electron chi connectivity index (χ0n) is 10.3. The van der Waals surface area contributed by atoms with Crippen LogP contribution in [0.5, 0.6) is 0 Å². The summed E-state index contributed by atoms with van der Waals surface area (Å²) in [5, 5.41) is 13.8. The van der Waals surface area contributed by atoms with Gasteiger partial charge in [-0.3, -0.25) is 9.59 Å². The van der Waals surface area contributed by atoms with Gasteiger partial charge in [0.15, 0.2) is 0 Å². The molecule has 6 nitrogen and oxygen atoms in total. The van der Waals surface area contributed by atoms with Gasteiger partial charge in [-0.25, -0.2) is 4.98 Å². The molecule has 0 saturated carbocycles. The van der Waals surface area contributed by atoms with Crippen molar-refractivity contribution in [2.24, 2.45) is 0 Å². The van der Waals surface area contributed by atoms with Crippen molar-refractivity contribution in [2.45, 2.75) is 19.9 Å². The van der Waals surface area contributed by atoms with E-state index in [-0.39, 0.29) is 12.3 Å². The van der Waals surface area contributed by atoms with Gasteiger partial charge in [0.05, 0.1) is 24.2 Å². The minimum absolute atomic E-state index is 0.0958. The summed E-state index contributed by atoms with van der Waals surface area (Å²) in [6.07, 6.45) is 1.55. The summed E-state index contributed by atoms with van der Waals surface area (Å²) in [7, 11) is 0. The maximum Gasteiger partial charge on any atom is 0.309 e. The molecule has 100 valence electrons. The second-order valence-corrected chi connectivity index (χ2v) is 5.00. The highest BCUT2D eigenvalue weighted by Gasteiger charge is 2.09. The van der Waals surface area contributed by atoms with Crippen molar-refractivity contribution < 1.29 is 14.7 Å². The number of H-pyrrole nitrogens is 1. The molecule has 0 spiro atoms. The summed E-state index contributed by atoms with van der Waals surface area (Å²) in [4.78, 5) is 29.4. The van der Waals surface area contributed by atoms with E-state index < -0.39 is 5.97 Å². The molecule has 0 atom stereocenters. The lowest BCUT2D eigenvalue weighted by Crippen LogP contribution is -2.22. The number of thiazole rings is 1. The smallest absolute Gasteiger partial charge is 0.309 e. The summed E-state index contributed by atoms with van der Waals surface area (Å²) in [6.45, 7) is 2.17. The largest absolute Gasteiger partial charge is 0.481 e. The number of carboxylic acid groups (broad SMARTS) is 1. The molecule has 2 rings (SSSR count). The van der Waals surface area contributed by atoms with Crippen LogP contribution in [0.3, 0.4) is 0 Å². The Kier molecular flexibility index (Phi) is 3.96. The first kappa shape index (κ1) is 13.3. The number of carbonyl (C=O) groups is 2. The summed E-state index contributed by atoms with van der Waals surface area (Å²) in [6, 6.07) is 1.76. The van der Waals surface area contributed by atoms with Gasteiger partial charge < -0.3 is 15.4 Å². The molecule has 0 aromatic carbocycles. The first-order valence-electron chi connectivity index (χ1n) is 5.63. The number of carboxylic acids is 1. The molecule has 0 aliphatic rings. The van der Waals surface area contributed by atoms with Gasteiger partial charge in [-0.15, -0.1) is 11.3 Å². The zero-order chi connectivity index (χ0) is 13.8. The standard InChI is InChI=1S/C12H13N3O3S/c1-7-2-8(4-13-7)12(18)14-5-10-15-9(6-19-10)3-11(16)17/h2,4,6,13H,3,5H2,1H3,(H,14,18)(H,16,17). The summed E-state index contributed by atoms with van der Waals surface area (Å²) in [5.41, 5.74) is 2.00. The number of nitrogens with zero attached hydrogens (tertiary/aromatic N) is 1. The van der Waals surface area contributed by atoms with Crippen molar-refractivity contribution in [1.29, 1.82) is 0 Å². The Morgan fingerprint density at radius 1 is 1.53 bits per heavy atom. The number of aromatic amines is 1. The second-order valence-electron chi connectivity index (χ2n) is 4.06. The van der Waals surface area contributed by atoms with Gasteiger partial charge in [0.2, 0.25) is 0 Å². The number of aromatic nitrogens is 2. The third kappa shape index (κ3) is 3.65. The predicted molar refractivity (Wildman–Crippen MR) is 70.2 cm³/mol. The molecule has 0 unspecified atom stereocenters. The molecule has 2 heterocycles. The topological polar surface area (TPSA) is 95.1 Å². The fourth-order valence-electron chi connectivity index (χ4n) is 1.56. The number of carbonyl (C=O) groups excluding carboxylic acids is 1. The first-order chi connectivity index (χ1) is 9.04. The number of nitrogens with one attached hydrogen (secondary N) is 2. The number of aliphatic carboxylic acids is 1. The van der Waals surface area contributed by atoms with Crippen LogP contribution in [-0.2, 0) is 17.8 Å². The Labute approximate surface area is 113 Å². The van der Waals surface area contributed by atoms with Crippen LogP contribution < -0.4 is 5.32 Å². The average molecular weight is 279 g/mol. The van der Waals surface area contributed by atoms with Crippen LogP contribution >= 0.6 is 11.3 Å². The van der Waals surface area contributed by atoms with Gasteiger partial charge >= 0.3 is 5.97 Å². The molecule has 3 N–H and O–H groups in total. The lowest BCUT2D eigenvalue weighted by Gasteiger charge is -2.00. The monoisotopic (exact) mass is 279 g/mol. The van der Waals surface area contributed by atoms with E-state index in [4.69, 9.17) is 5.11 Å². The second kappa shape index (κ2) is 5.66. The van der Waals surface area contributed by atoms with E-state index in [1.807, 2.05) is 6.92 Å². The molecule has 0 saturated heterocycles. The van der Waals surface area contributed by atoms with Crippen molar-refractivity contribution in [3.8, 4) is 0 Å². The van der Waals surface area contributed by atoms with Crippen LogP contribution in [-0.4, -0.2) is 27.0 Å². The van der Waals surface area contributed by atoms with Crippen molar-refractivity contribution >= 4 is 23.2 Å². The minimum Gasteiger partial charge on any atom is -0.481 e. The van der Waals surface area contributed by atoms with Crippen LogP contribution in [0.1, 0.15) is 26.8 Å². The summed E-state index contributed by atoms with van der Waals surface area (Å²) < 4.78 is 0. The third-order valence-corrected chi connectivity index (χ3v) is 3.32. The van der Waals surface area contributed by atoms with E-state index in [9.17, 15) is 9.59 Å². The van der Waals surface area contributed by atoms with Crippen LogP contribution in [0.15, 0.2) is 17.6 Å². The lowest BCUT2D eigenvalue weighted by atomic mass is 10.3. The molecule has 0 fully saturated rings. The van der Waals surface area contributed by atoms with Crippen LogP contribution in [0, 0.1) is 6.92 Å². The lowest BCUT2D eigenvalue weighted by molar-refractivity contribution is -0.136. The van der Waals surface area contributed by atoms with Gasteiger partial charge in [-0.1, -0.05) is 0 Å². The fourth-order valence-corrected chi connectivity index (χ4v) is 2.30. The Morgan fingerprint density at radius 3 is 2.95 bits per heavy atom. The van der Waals surface area contributed by atoms with E-state index in [2.05, 4.69) is 15.3 Å². The average Bonchev–Trinajstić information content (AvgIpc) is 2.94. The van der Waals surface area contributed by atoms with E-state index in [1.165, 1.54) is 11.3 Å². The number of rotatable bonds is 5. The van der Waals surface area contributed by atoms with E-state index in [1.54, 1.807) is 17.6 Å². The van der Waals surface area contributed by atoms with Crippen molar-refractivity contribution in [3.63, 3.8) is 0 Å². The highest BCUT2D eigenvalue weighted by atomic mass is 32.1.